The first-order valence-corrected chi connectivity index (χ1v) is 9.33. The number of nitrogens with zero attached hydrogens (tertiary/aromatic N) is 2. The Morgan fingerprint density at radius 2 is 2.04 bits per heavy atom. The first-order valence-electron chi connectivity index (χ1n) is 9.33. The molecule has 0 saturated heterocycles. The van der Waals surface area contributed by atoms with Crippen molar-refractivity contribution >= 4 is 5.91 Å². The summed E-state index contributed by atoms with van der Waals surface area (Å²) in [4.78, 5) is 31.1. The van der Waals surface area contributed by atoms with Gasteiger partial charge < -0.3 is 15.0 Å². The van der Waals surface area contributed by atoms with Crippen molar-refractivity contribution in [2.24, 2.45) is 5.92 Å². The Bertz CT molecular complexity index is 1020. The number of pyridine rings is 1. The van der Waals surface area contributed by atoms with Crippen LogP contribution in [0.1, 0.15) is 34.5 Å². The molecule has 1 aliphatic carbocycles. The molecule has 1 saturated carbocycles. The van der Waals surface area contributed by atoms with E-state index in [4.69, 9.17) is 4.74 Å². The third-order valence-electron chi connectivity index (χ3n) is 4.76. The number of rotatable bonds is 7. The summed E-state index contributed by atoms with van der Waals surface area (Å²) in [7, 11) is 0. The Morgan fingerprint density at radius 1 is 1.25 bits per heavy atom. The van der Waals surface area contributed by atoms with Crippen molar-refractivity contribution in [2.45, 2.75) is 26.3 Å². The number of ether oxygens (including phenoxy) is 1. The number of amides is 1. The van der Waals surface area contributed by atoms with Crippen LogP contribution in [-0.2, 0) is 6.54 Å². The molecule has 1 fully saturated rings. The van der Waals surface area contributed by atoms with Crippen LogP contribution in [0.2, 0.25) is 0 Å². The lowest BCUT2D eigenvalue weighted by Gasteiger charge is -2.08. The maximum Gasteiger partial charge on any atom is 0.330 e. The highest BCUT2D eigenvalue weighted by Crippen LogP contribution is 2.29. The van der Waals surface area contributed by atoms with Gasteiger partial charge in [-0.3, -0.25) is 9.36 Å². The largest absolute Gasteiger partial charge is 0.477 e. The molecule has 7 heteroatoms. The van der Waals surface area contributed by atoms with Crippen molar-refractivity contribution in [1.82, 2.24) is 19.9 Å². The van der Waals surface area contributed by atoms with Gasteiger partial charge in [-0.25, -0.2) is 9.78 Å². The average molecular weight is 378 g/mol. The molecule has 0 atom stereocenters. The number of aryl methyl sites for hydroxylation is 1. The van der Waals surface area contributed by atoms with Crippen LogP contribution in [0.25, 0.3) is 5.69 Å². The number of H-pyrrole nitrogens is 1. The number of aromatic amines is 1. The Kier molecular flexibility index (Phi) is 4.97. The van der Waals surface area contributed by atoms with E-state index < -0.39 is 0 Å². The molecular formula is C21H22N4O3. The van der Waals surface area contributed by atoms with Crippen LogP contribution < -0.4 is 15.7 Å². The molecule has 28 heavy (non-hydrogen) atoms. The lowest BCUT2D eigenvalue weighted by Crippen LogP contribution is -2.23. The summed E-state index contributed by atoms with van der Waals surface area (Å²) in [6.07, 6.45) is 5.85. The first-order chi connectivity index (χ1) is 13.6. The van der Waals surface area contributed by atoms with Gasteiger partial charge in [-0.15, -0.1) is 0 Å². The number of carbonyl (C=O) groups excluding carboxylic acids is 1. The number of imidazole rings is 1. The van der Waals surface area contributed by atoms with Crippen LogP contribution in [0.3, 0.4) is 0 Å². The molecule has 0 bridgehead atoms. The minimum absolute atomic E-state index is 0.182. The molecule has 0 aliphatic heterocycles. The molecule has 0 unspecified atom stereocenters. The Hall–Kier alpha value is -3.35. The van der Waals surface area contributed by atoms with Gasteiger partial charge in [0.15, 0.2) is 0 Å². The highest BCUT2D eigenvalue weighted by molar-refractivity contribution is 5.94. The minimum atomic E-state index is -0.202. The quantitative estimate of drug-likeness (QED) is 0.661. The molecule has 4 rings (SSSR count). The number of nitrogens with one attached hydrogen (secondary N) is 2. The van der Waals surface area contributed by atoms with Crippen LogP contribution in [0, 0.1) is 12.8 Å². The lowest BCUT2D eigenvalue weighted by molar-refractivity contribution is 0.0951. The number of carbonyl (C=O) groups is 1. The number of hydrogen-bond acceptors (Lipinski definition) is 4. The van der Waals surface area contributed by atoms with Gasteiger partial charge >= 0.3 is 5.69 Å². The van der Waals surface area contributed by atoms with E-state index in [9.17, 15) is 9.59 Å². The predicted molar refractivity (Wildman–Crippen MR) is 105 cm³/mol. The second-order valence-corrected chi connectivity index (χ2v) is 7.06. The van der Waals surface area contributed by atoms with Crippen LogP contribution in [0.15, 0.2) is 53.6 Å². The summed E-state index contributed by atoms with van der Waals surface area (Å²) in [5.74, 6) is 1.12. The Morgan fingerprint density at radius 3 is 2.64 bits per heavy atom. The zero-order valence-corrected chi connectivity index (χ0v) is 15.6. The summed E-state index contributed by atoms with van der Waals surface area (Å²) in [5, 5.41) is 2.88. The zero-order chi connectivity index (χ0) is 19.5. The topological polar surface area (TPSA) is 89.0 Å². The molecule has 0 spiro atoms. The molecular weight excluding hydrogens is 356 g/mol. The molecule has 7 nitrogen and oxygen atoms in total. The van der Waals surface area contributed by atoms with Crippen LogP contribution in [-0.4, -0.2) is 27.0 Å². The second kappa shape index (κ2) is 7.72. The van der Waals surface area contributed by atoms with Crippen molar-refractivity contribution in [3.05, 3.63) is 76.1 Å². The van der Waals surface area contributed by atoms with Crippen molar-refractivity contribution in [3.8, 4) is 11.6 Å². The third-order valence-corrected chi connectivity index (χ3v) is 4.76. The molecule has 2 N–H and O–H groups in total. The third kappa shape index (κ3) is 4.14. The summed E-state index contributed by atoms with van der Waals surface area (Å²) in [6.45, 7) is 2.95. The van der Waals surface area contributed by atoms with Gasteiger partial charge in [0, 0.05) is 36.3 Å². The molecule has 2 heterocycles. The average Bonchev–Trinajstić information content (AvgIpc) is 3.49. The van der Waals surface area contributed by atoms with Gasteiger partial charge in [-0.2, -0.15) is 0 Å². The fraction of sp³-hybridized carbons (Fsp3) is 0.286. The maximum atomic E-state index is 12.4. The molecule has 144 valence electrons. The monoisotopic (exact) mass is 378 g/mol. The van der Waals surface area contributed by atoms with E-state index in [0.717, 1.165) is 17.9 Å². The van der Waals surface area contributed by atoms with Gasteiger partial charge in [0.25, 0.3) is 5.91 Å². The summed E-state index contributed by atoms with van der Waals surface area (Å²) >= 11 is 0. The normalized spacial score (nSPS) is 13.3. The molecule has 1 amide bonds. The van der Waals surface area contributed by atoms with E-state index in [1.165, 1.54) is 12.8 Å². The summed E-state index contributed by atoms with van der Waals surface area (Å²) in [5.41, 5.74) is 2.75. The fourth-order valence-corrected chi connectivity index (χ4v) is 2.91. The van der Waals surface area contributed by atoms with Crippen LogP contribution in [0.4, 0.5) is 0 Å². The first kappa shape index (κ1) is 18.0. The van der Waals surface area contributed by atoms with E-state index in [1.807, 2.05) is 19.1 Å². The highest BCUT2D eigenvalue weighted by atomic mass is 16.5. The molecule has 3 aromatic rings. The van der Waals surface area contributed by atoms with Crippen LogP contribution >= 0.6 is 0 Å². The van der Waals surface area contributed by atoms with Crippen LogP contribution in [0.5, 0.6) is 5.88 Å². The number of aromatic nitrogens is 3. The van der Waals surface area contributed by atoms with E-state index in [-0.39, 0.29) is 11.6 Å². The molecule has 1 aliphatic rings. The van der Waals surface area contributed by atoms with Gasteiger partial charge in [-0.1, -0.05) is 6.07 Å². The van der Waals surface area contributed by atoms with Gasteiger partial charge in [0.2, 0.25) is 5.88 Å². The number of hydrogen-bond donors (Lipinski definition) is 2. The Balaban J connectivity index is 1.34. The Labute approximate surface area is 162 Å². The van der Waals surface area contributed by atoms with E-state index in [0.29, 0.717) is 29.6 Å². The molecule has 2 aromatic heterocycles. The minimum Gasteiger partial charge on any atom is -0.477 e. The van der Waals surface area contributed by atoms with E-state index in [1.54, 1.807) is 41.2 Å². The fourth-order valence-electron chi connectivity index (χ4n) is 2.91. The zero-order valence-electron chi connectivity index (χ0n) is 15.6. The van der Waals surface area contributed by atoms with Crippen molar-refractivity contribution in [2.75, 3.05) is 6.61 Å². The highest BCUT2D eigenvalue weighted by Gasteiger charge is 2.22. The predicted octanol–water partition coefficient (Wildman–Crippen LogP) is 2.59. The second-order valence-electron chi connectivity index (χ2n) is 7.06. The van der Waals surface area contributed by atoms with Gasteiger partial charge in [0.05, 0.1) is 12.3 Å². The van der Waals surface area contributed by atoms with E-state index in [2.05, 4.69) is 15.3 Å². The van der Waals surface area contributed by atoms with Crippen molar-refractivity contribution in [1.29, 1.82) is 0 Å². The van der Waals surface area contributed by atoms with Crippen molar-refractivity contribution < 1.29 is 9.53 Å². The summed E-state index contributed by atoms with van der Waals surface area (Å²) in [6, 6.07) is 10.7. The molecule has 0 radical (unpaired) electrons. The van der Waals surface area contributed by atoms with Crippen molar-refractivity contribution in [3.63, 3.8) is 0 Å². The lowest BCUT2D eigenvalue weighted by atomic mass is 10.2. The van der Waals surface area contributed by atoms with Gasteiger partial charge in [0.1, 0.15) is 0 Å². The van der Waals surface area contributed by atoms with E-state index >= 15 is 0 Å². The summed E-state index contributed by atoms with van der Waals surface area (Å²) < 4.78 is 7.17. The maximum absolute atomic E-state index is 12.4. The van der Waals surface area contributed by atoms with Gasteiger partial charge in [-0.05, 0) is 55.5 Å². The number of benzene rings is 1. The molecule has 1 aromatic carbocycles. The SMILES string of the molecule is Cc1c[nH]c(=O)n1-c1ccc(C(=O)NCc2ccc(OCC3CC3)nc2)cc1. The smallest absolute Gasteiger partial charge is 0.330 e. The standard InChI is InChI=1S/C21H22N4O3/c1-14-10-24-21(27)25(14)18-7-5-17(6-8-18)20(26)23-12-16-4-9-19(22-11-16)28-13-15-2-3-15/h4-11,15H,2-3,12-13H2,1H3,(H,23,26)(H,24,27).